The van der Waals surface area contributed by atoms with Crippen molar-refractivity contribution in [2.24, 2.45) is 0 Å². The minimum absolute atomic E-state index is 0.244. The highest BCUT2D eigenvalue weighted by Gasteiger charge is 2.22. The van der Waals surface area contributed by atoms with Crippen molar-refractivity contribution < 1.29 is 14.3 Å². The quantitative estimate of drug-likeness (QED) is 0.514. The smallest absolute Gasteiger partial charge is 0.340 e. The summed E-state index contributed by atoms with van der Waals surface area (Å²) in [5, 5.41) is 2.81. The summed E-state index contributed by atoms with van der Waals surface area (Å²) < 4.78 is 6.27. The lowest BCUT2D eigenvalue weighted by molar-refractivity contribution is 0.00708. The fourth-order valence-corrected chi connectivity index (χ4v) is 2.90. The lowest BCUT2D eigenvalue weighted by Crippen LogP contribution is -2.25. The van der Waals surface area contributed by atoms with Gasteiger partial charge in [-0.05, 0) is 72.1 Å². The molecule has 3 aromatic rings. The van der Waals surface area contributed by atoms with Crippen LogP contribution in [0.25, 0.3) is 11.1 Å². The Labute approximate surface area is 178 Å². The molecule has 0 saturated heterocycles. The van der Waals surface area contributed by atoms with Gasteiger partial charge in [-0.1, -0.05) is 36.4 Å². The second kappa shape index (κ2) is 8.57. The molecule has 1 N–H and O–H groups in total. The van der Waals surface area contributed by atoms with E-state index in [1.807, 2.05) is 36.4 Å². The van der Waals surface area contributed by atoms with Crippen LogP contribution in [0.1, 0.15) is 41.6 Å². The lowest BCUT2D eigenvalue weighted by atomic mass is 10.0. The van der Waals surface area contributed by atoms with Gasteiger partial charge in [0.05, 0.1) is 11.3 Å². The largest absolute Gasteiger partial charge is 0.456 e. The molecular formula is C23H21BrN2O3. The van der Waals surface area contributed by atoms with Gasteiger partial charge in [0, 0.05) is 10.7 Å². The molecule has 0 atom stereocenters. The highest BCUT2D eigenvalue weighted by Crippen LogP contribution is 2.28. The minimum Gasteiger partial charge on any atom is -0.456 e. The van der Waals surface area contributed by atoms with Crippen molar-refractivity contribution in [2.75, 3.05) is 5.32 Å². The highest BCUT2D eigenvalue weighted by molar-refractivity contribution is 9.10. The second-order valence-electron chi connectivity index (χ2n) is 7.44. The van der Waals surface area contributed by atoms with Crippen molar-refractivity contribution >= 4 is 33.5 Å². The van der Waals surface area contributed by atoms with E-state index < -0.39 is 17.5 Å². The molecule has 1 aromatic heterocycles. The van der Waals surface area contributed by atoms with Crippen LogP contribution in [0.5, 0.6) is 0 Å². The zero-order chi connectivity index (χ0) is 21.0. The van der Waals surface area contributed by atoms with E-state index in [1.165, 1.54) is 0 Å². The van der Waals surface area contributed by atoms with Crippen LogP contribution in [-0.4, -0.2) is 22.5 Å². The Bertz CT molecular complexity index is 1030. The number of aromatic nitrogens is 1. The summed E-state index contributed by atoms with van der Waals surface area (Å²) in [5.74, 6) is -0.913. The van der Waals surface area contributed by atoms with Crippen LogP contribution in [-0.2, 0) is 4.74 Å². The highest BCUT2D eigenvalue weighted by atomic mass is 79.9. The molecule has 0 fully saturated rings. The zero-order valence-corrected chi connectivity index (χ0v) is 18.0. The van der Waals surface area contributed by atoms with E-state index in [9.17, 15) is 9.59 Å². The Hall–Kier alpha value is -2.99. The maximum atomic E-state index is 12.7. The number of hydrogen-bond donors (Lipinski definition) is 1. The number of anilines is 1. The van der Waals surface area contributed by atoms with Crippen molar-refractivity contribution in [3.63, 3.8) is 0 Å². The molecule has 0 aliphatic carbocycles. The number of amides is 1. The van der Waals surface area contributed by atoms with Gasteiger partial charge in [0.2, 0.25) is 0 Å². The minimum atomic E-state index is -0.649. The zero-order valence-electron chi connectivity index (χ0n) is 16.4. The molecule has 29 heavy (non-hydrogen) atoms. The van der Waals surface area contributed by atoms with Crippen LogP contribution < -0.4 is 5.32 Å². The number of rotatable bonds is 4. The van der Waals surface area contributed by atoms with Crippen LogP contribution in [0.15, 0.2) is 71.3 Å². The van der Waals surface area contributed by atoms with Crippen molar-refractivity contribution in [3.8, 4) is 11.1 Å². The molecule has 3 rings (SSSR count). The number of nitrogens with zero attached hydrogens (tertiary/aromatic N) is 1. The first-order chi connectivity index (χ1) is 13.7. The third-order valence-electron chi connectivity index (χ3n) is 3.95. The molecule has 0 unspecified atom stereocenters. The van der Waals surface area contributed by atoms with Crippen LogP contribution in [0.4, 0.5) is 5.69 Å². The van der Waals surface area contributed by atoms with Crippen molar-refractivity contribution in [2.45, 2.75) is 26.4 Å². The molecule has 148 valence electrons. The summed E-state index contributed by atoms with van der Waals surface area (Å²) in [6, 6.07) is 18.3. The molecule has 0 saturated carbocycles. The number of carbonyl (C=O) groups is 2. The van der Waals surface area contributed by atoms with Crippen molar-refractivity contribution in [1.29, 1.82) is 0 Å². The van der Waals surface area contributed by atoms with Crippen LogP contribution in [0.3, 0.4) is 0 Å². The van der Waals surface area contributed by atoms with Gasteiger partial charge in [-0.2, -0.15) is 0 Å². The normalized spacial score (nSPS) is 11.0. The Morgan fingerprint density at radius 3 is 2.31 bits per heavy atom. The molecule has 6 heteroatoms. The Kier molecular flexibility index (Phi) is 6.13. The predicted molar refractivity (Wildman–Crippen MR) is 117 cm³/mol. The number of ether oxygens (including phenoxy) is 1. The molecule has 0 bridgehead atoms. The number of carbonyl (C=O) groups excluding carboxylic acids is 2. The third kappa shape index (κ3) is 5.51. The van der Waals surface area contributed by atoms with Crippen molar-refractivity contribution in [3.05, 3.63) is 82.6 Å². The molecule has 0 aliphatic rings. The monoisotopic (exact) mass is 452 g/mol. The number of hydrogen-bond acceptors (Lipinski definition) is 4. The molecule has 2 aromatic carbocycles. The van der Waals surface area contributed by atoms with Gasteiger partial charge in [0.25, 0.3) is 5.91 Å². The number of benzene rings is 2. The molecule has 0 spiro atoms. The first kappa shape index (κ1) is 20.7. The Balaban J connectivity index is 1.99. The molecule has 1 amide bonds. The first-order valence-corrected chi connectivity index (χ1v) is 9.88. The molecule has 0 aliphatic heterocycles. The maximum Gasteiger partial charge on any atom is 0.340 e. The average molecular weight is 453 g/mol. The molecule has 0 radical (unpaired) electrons. The third-order valence-corrected chi connectivity index (χ3v) is 4.42. The van der Waals surface area contributed by atoms with Crippen LogP contribution in [0, 0.1) is 0 Å². The van der Waals surface area contributed by atoms with E-state index in [0.29, 0.717) is 5.69 Å². The van der Waals surface area contributed by atoms with Crippen LogP contribution >= 0.6 is 15.9 Å². The van der Waals surface area contributed by atoms with Gasteiger partial charge >= 0.3 is 5.97 Å². The average Bonchev–Trinajstić information content (AvgIpc) is 2.67. The predicted octanol–water partition coefficient (Wildman–Crippen LogP) is 5.72. The summed E-state index contributed by atoms with van der Waals surface area (Å²) >= 11 is 3.30. The number of nitrogens with one attached hydrogen (secondary N) is 1. The molecule has 5 nitrogen and oxygen atoms in total. The van der Waals surface area contributed by atoms with Gasteiger partial charge in [0.1, 0.15) is 11.3 Å². The summed E-state index contributed by atoms with van der Waals surface area (Å²) in [5.41, 5.74) is 2.09. The van der Waals surface area contributed by atoms with Gasteiger partial charge < -0.3 is 10.1 Å². The van der Waals surface area contributed by atoms with E-state index >= 15 is 0 Å². The number of pyridine rings is 1. The van der Waals surface area contributed by atoms with E-state index in [-0.39, 0.29) is 11.3 Å². The Morgan fingerprint density at radius 1 is 0.966 bits per heavy atom. The second-order valence-corrected chi connectivity index (χ2v) is 8.36. The first-order valence-electron chi connectivity index (χ1n) is 9.09. The van der Waals surface area contributed by atoms with E-state index in [4.69, 9.17) is 4.74 Å². The van der Waals surface area contributed by atoms with E-state index in [2.05, 4.69) is 26.2 Å². The fourth-order valence-electron chi connectivity index (χ4n) is 2.67. The molecule has 1 heterocycles. The number of halogens is 1. The fraction of sp³-hybridized carbons (Fsp3) is 0.174. The van der Waals surface area contributed by atoms with Crippen molar-refractivity contribution in [1.82, 2.24) is 4.98 Å². The number of esters is 1. The SMILES string of the molecule is CC(C)(C)OC(=O)c1ccc(-c2ccccc2)cc1NC(=O)c1ccc(Br)cn1. The lowest BCUT2D eigenvalue weighted by Gasteiger charge is -2.21. The molecular weight excluding hydrogens is 432 g/mol. The Morgan fingerprint density at radius 2 is 1.69 bits per heavy atom. The summed E-state index contributed by atoms with van der Waals surface area (Å²) in [6.45, 7) is 5.40. The topological polar surface area (TPSA) is 68.3 Å². The van der Waals surface area contributed by atoms with E-state index in [0.717, 1.165) is 15.6 Å². The summed E-state index contributed by atoms with van der Waals surface area (Å²) in [6.07, 6.45) is 1.55. The maximum absolute atomic E-state index is 12.7. The standard InChI is InChI=1S/C23H21BrN2O3/c1-23(2,3)29-22(28)18-11-9-16(15-7-5-4-6-8-15)13-20(18)26-21(27)19-12-10-17(24)14-25-19/h4-14H,1-3H3,(H,26,27). The van der Waals surface area contributed by atoms with Crippen LogP contribution in [0.2, 0.25) is 0 Å². The van der Waals surface area contributed by atoms with Gasteiger partial charge in [-0.15, -0.1) is 0 Å². The summed E-state index contributed by atoms with van der Waals surface area (Å²) in [4.78, 5) is 29.5. The van der Waals surface area contributed by atoms with E-state index in [1.54, 1.807) is 51.2 Å². The van der Waals surface area contributed by atoms with Gasteiger partial charge in [-0.25, -0.2) is 9.78 Å². The van der Waals surface area contributed by atoms with Gasteiger partial charge in [-0.3, -0.25) is 4.79 Å². The summed E-state index contributed by atoms with van der Waals surface area (Å²) in [7, 11) is 0. The van der Waals surface area contributed by atoms with Gasteiger partial charge in [0.15, 0.2) is 0 Å².